The van der Waals surface area contributed by atoms with Gasteiger partial charge in [-0.1, -0.05) is 174 Å². The molecule has 0 aliphatic heterocycles. The summed E-state index contributed by atoms with van der Waals surface area (Å²) in [4.78, 5) is 37.8. The molecular weight excluding hydrogens is 745 g/mol. The first kappa shape index (κ1) is 55.8. The van der Waals surface area contributed by atoms with Crippen molar-refractivity contribution < 1.29 is 28.6 Å². The summed E-state index contributed by atoms with van der Waals surface area (Å²) in [7, 11) is 0. The van der Waals surface area contributed by atoms with Gasteiger partial charge in [0.15, 0.2) is 6.10 Å². The maximum atomic E-state index is 12.7. The number of rotatable bonds is 40. The number of hydrogen-bond acceptors (Lipinski definition) is 6. The van der Waals surface area contributed by atoms with Crippen LogP contribution in [0.25, 0.3) is 0 Å². The second kappa shape index (κ2) is 47.5. The smallest absolute Gasteiger partial charge is 0.306 e. The highest BCUT2D eigenvalue weighted by molar-refractivity contribution is 5.71. The van der Waals surface area contributed by atoms with Gasteiger partial charge in [0.2, 0.25) is 0 Å². The highest BCUT2D eigenvalue weighted by atomic mass is 16.6. The lowest BCUT2D eigenvalue weighted by molar-refractivity contribution is -0.166. The Balaban J connectivity index is 4.60. The number of hydrogen-bond donors (Lipinski definition) is 0. The van der Waals surface area contributed by atoms with Crippen LogP contribution in [-0.4, -0.2) is 37.2 Å². The lowest BCUT2D eigenvalue weighted by Crippen LogP contribution is -2.30. The van der Waals surface area contributed by atoms with E-state index >= 15 is 0 Å². The van der Waals surface area contributed by atoms with Crippen LogP contribution in [0.2, 0.25) is 0 Å². The van der Waals surface area contributed by atoms with Crippen molar-refractivity contribution in [1.29, 1.82) is 0 Å². The summed E-state index contributed by atoms with van der Waals surface area (Å²) >= 11 is 0. The van der Waals surface area contributed by atoms with Crippen molar-refractivity contribution in [3.63, 3.8) is 0 Å². The summed E-state index contributed by atoms with van der Waals surface area (Å²) in [5.74, 6) is -1.08. The van der Waals surface area contributed by atoms with E-state index in [4.69, 9.17) is 14.2 Å². The SMILES string of the molecule is CC/C=C\C/C=C\C/C=C\C/C=C\CCCCC(=O)OCC(COC(=O)CC/C=C\C/C=C\C/C=C\C/C=C\CC)OC(=O)CCCCCCC/C=C\C/C=C\CCCC. The predicted molar refractivity (Wildman–Crippen MR) is 256 cm³/mol. The Morgan fingerprint density at radius 3 is 1.15 bits per heavy atom. The monoisotopic (exact) mass is 829 g/mol. The van der Waals surface area contributed by atoms with Gasteiger partial charge in [-0.3, -0.25) is 14.4 Å². The van der Waals surface area contributed by atoms with Crippen molar-refractivity contribution in [3.05, 3.63) is 122 Å². The van der Waals surface area contributed by atoms with E-state index in [2.05, 4.69) is 130 Å². The summed E-state index contributed by atoms with van der Waals surface area (Å²) in [6.07, 6.45) is 64.8. The van der Waals surface area contributed by atoms with Crippen molar-refractivity contribution in [2.45, 2.75) is 187 Å². The van der Waals surface area contributed by atoms with E-state index in [1.807, 2.05) is 12.2 Å². The molecule has 0 saturated heterocycles. The van der Waals surface area contributed by atoms with Gasteiger partial charge in [-0.15, -0.1) is 0 Å². The van der Waals surface area contributed by atoms with Crippen molar-refractivity contribution >= 4 is 17.9 Å². The molecule has 0 bridgehead atoms. The van der Waals surface area contributed by atoms with Crippen molar-refractivity contribution in [2.24, 2.45) is 0 Å². The molecule has 0 rings (SSSR count). The fraction of sp³-hybridized carbons (Fsp3) is 0.574. The normalized spacial score (nSPS) is 13.2. The zero-order chi connectivity index (χ0) is 43.7. The Morgan fingerprint density at radius 1 is 0.350 bits per heavy atom. The first-order valence-corrected chi connectivity index (χ1v) is 23.5. The van der Waals surface area contributed by atoms with E-state index in [0.29, 0.717) is 12.8 Å². The molecule has 0 heterocycles. The quantitative estimate of drug-likeness (QED) is 0.0265. The Bertz CT molecular complexity index is 1320. The molecule has 0 aromatic rings. The first-order chi connectivity index (χ1) is 29.5. The molecule has 0 aliphatic rings. The lowest BCUT2D eigenvalue weighted by Gasteiger charge is -2.18. The minimum absolute atomic E-state index is 0.131. The third-order valence-electron chi connectivity index (χ3n) is 9.19. The third kappa shape index (κ3) is 44.9. The van der Waals surface area contributed by atoms with Crippen LogP contribution in [0, 0.1) is 0 Å². The molecule has 0 fully saturated rings. The molecule has 0 aromatic carbocycles. The summed E-state index contributed by atoms with van der Waals surface area (Å²) in [6, 6.07) is 0. The van der Waals surface area contributed by atoms with Crippen LogP contribution in [0.1, 0.15) is 181 Å². The average molecular weight is 829 g/mol. The second-order valence-electron chi connectivity index (χ2n) is 14.9. The first-order valence-electron chi connectivity index (χ1n) is 23.5. The Hall–Kier alpha value is -4.19. The molecule has 6 heteroatoms. The summed E-state index contributed by atoms with van der Waals surface area (Å²) < 4.78 is 16.6. The summed E-state index contributed by atoms with van der Waals surface area (Å²) in [5, 5.41) is 0. The van der Waals surface area contributed by atoms with Crippen LogP contribution in [0.3, 0.4) is 0 Å². The topological polar surface area (TPSA) is 78.9 Å². The largest absolute Gasteiger partial charge is 0.462 e. The van der Waals surface area contributed by atoms with Crippen LogP contribution < -0.4 is 0 Å². The van der Waals surface area contributed by atoms with Crippen LogP contribution in [0.15, 0.2) is 122 Å². The van der Waals surface area contributed by atoms with Crippen LogP contribution in [0.4, 0.5) is 0 Å². The molecule has 0 N–H and O–H groups in total. The molecule has 336 valence electrons. The standard InChI is InChI=1S/C54H84O6/c1-4-7-10-13-16-19-22-25-27-30-32-35-38-41-44-47-53(56)59-50-51(49-58-52(55)46-43-40-37-34-31-28-24-21-18-15-12-9-6-3)60-54(57)48-45-42-39-36-33-29-26-23-20-17-14-11-8-5-2/h7,9-10,12,14,16-19,21,23,25-28,31-32,35,37,40,51H,4-6,8,11,13,15,20,22,24,29-30,33-34,36,38-39,41-50H2,1-3H3/b10-7-,12-9-,17-14-,19-16-,21-18-,26-23-,27-25-,31-28-,35-32-,40-37-. The number of allylic oxidation sites excluding steroid dienone is 20. The Kier molecular flexibility index (Phi) is 44.2. The lowest BCUT2D eigenvalue weighted by atomic mass is 10.1. The summed E-state index contributed by atoms with van der Waals surface area (Å²) in [6.45, 7) is 6.22. The van der Waals surface area contributed by atoms with Gasteiger partial charge in [-0.25, -0.2) is 0 Å². The van der Waals surface area contributed by atoms with E-state index < -0.39 is 6.10 Å². The highest BCUT2D eigenvalue weighted by Gasteiger charge is 2.19. The number of carbonyl (C=O) groups is 3. The molecule has 60 heavy (non-hydrogen) atoms. The minimum atomic E-state index is -0.833. The molecular formula is C54H84O6. The Morgan fingerprint density at radius 2 is 0.683 bits per heavy atom. The maximum Gasteiger partial charge on any atom is 0.306 e. The average Bonchev–Trinajstić information content (AvgIpc) is 3.24. The fourth-order valence-electron chi connectivity index (χ4n) is 5.70. The van der Waals surface area contributed by atoms with Gasteiger partial charge in [-0.2, -0.15) is 0 Å². The molecule has 0 aromatic heterocycles. The van der Waals surface area contributed by atoms with E-state index in [-0.39, 0.29) is 50.4 Å². The molecule has 0 saturated carbocycles. The van der Waals surface area contributed by atoms with E-state index in [9.17, 15) is 14.4 Å². The minimum Gasteiger partial charge on any atom is -0.462 e. The van der Waals surface area contributed by atoms with Gasteiger partial charge in [-0.05, 0) is 109 Å². The molecule has 0 amide bonds. The number of esters is 3. The molecule has 1 atom stereocenters. The van der Waals surface area contributed by atoms with Crippen LogP contribution >= 0.6 is 0 Å². The van der Waals surface area contributed by atoms with Gasteiger partial charge in [0.05, 0.1) is 0 Å². The maximum absolute atomic E-state index is 12.7. The van der Waals surface area contributed by atoms with Gasteiger partial charge in [0.25, 0.3) is 0 Å². The molecule has 0 radical (unpaired) electrons. The number of ether oxygens (including phenoxy) is 3. The molecule has 1 unspecified atom stereocenters. The molecule has 6 nitrogen and oxygen atoms in total. The van der Waals surface area contributed by atoms with Gasteiger partial charge in [0, 0.05) is 19.3 Å². The van der Waals surface area contributed by atoms with Gasteiger partial charge < -0.3 is 14.2 Å². The number of carbonyl (C=O) groups excluding carboxylic acids is 3. The van der Waals surface area contributed by atoms with Crippen molar-refractivity contribution in [2.75, 3.05) is 13.2 Å². The summed E-state index contributed by atoms with van der Waals surface area (Å²) in [5.41, 5.74) is 0. The van der Waals surface area contributed by atoms with E-state index in [0.717, 1.165) is 109 Å². The van der Waals surface area contributed by atoms with E-state index in [1.54, 1.807) is 0 Å². The predicted octanol–water partition coefficient (Wildman–Crippen LogP) is 15.4. The third-order valence-corrected chi connectivity index (χ3v) is 9.19. The molecule has 0 aliphatic carbocycles. The van der Waals surface area contributed by atoms with Gasteiger partial charge in [0.1, 0.15) is 13.2 Å². The zero-order valence-corrected chi connectivity index (χ0v) is 38.2. The Labute approximate surface area is 367 Å². The van der Waals surface area contributed by atoms with Crippen molar-refractivity contribution in [3.8, 4) is 0 Å². The fourth-order valence-corrected chi connectivity index (χ4v) is 5.70. The van der Waals surface area contributed by atoms with Gasteiger partial charge >= 0.3 is 17.9 Å². The van der Waals surface area contributed by atoms with Crippen LogP contribution in [0.5, 0.6) is 0 Å². The van der Waals surface area contributed by atoms with Crippen LogP contribution in [-0.2, 0) is 28.6 Å². The van der Waals surface area contributed by atoms with E-state index in [1.165, 1.54) is 19.3 Å². The second-order valence-corrected chi connectivity index (χ2v) is 14.9. The zero-order valence-electron chi connectivity index (χ0n) is 38.2. The highest BCUT2D eigenvalue weighted by Crippen LogP contribution is 2.11. The van der Waals surface area contributed by atoms with Crippen molar-refractivity contribution in [1.82, 2.24) is 0 Å². The number of unbranched alkanes of at least 4 members (excludes halogenated alkanes) is 9. The molecule has 0 spiro atoms.